The van der Waals surface area contributed by atoms with Crippen molar-refractivity contribution in [2.24, 2.45) is 5.92 Å². The van der Waals surface area contributed by atoms with E-state index in [0.29, 0.717) is 18.2 Å². The van der Waals surface area contributed by atoms with Crippen LogP contribution in [0.1, 0.15) is 20.8 Å². The summed E-state index contributed by atoms with van der Waals surface area (Å²) in [5, 5.41) is 14.2. The number of nitrogens with one attached hydrogen (secondary N) is 1. The summed E-state index contributed by atoms with van der Waals surface area (Å²) in [6.07, 6.45) is 0. The lowest BCUT2D eigenvalue weighted by Crippen LogP contribution is -2.28. The molecular formula is C14H19BrN4OS2. The lowest BCUT2D eigenvalue weighted by Gasteiger charge is -2.08. The molecule has 0 bridgehead atoms. The Morgan fingerprint density at radius 1 is 1.50 bits per heavy atom. The predicted molar refractivity (Wildman–Crippen MR) is 95.3 cm³/mol. The van der Waals surface area contributed by atoms with Gasteiger partial charge >= 0.3 is 0 Å². The summed E-state index contributed by atoms with van der Waals surface area (Å²) in [5.41, 5.74) is 0. The van der Waals surface area contributed by atoms with Gasteiger partial charge in [-0.15, -0.1) is 21.5 Å². The van der Waals surface area contributed by atoms with Crippen LogP contribution in [0.5, 0.6) is 0 Å². The minimum atomic E-state index is 0.0322. The van der Waals surface area contributed by atoms with Gasteiger partial charge in [0.2, 0.25) is 5.91 Å². The highest BCUT2D eigenvalue weighted by Gasteiger charge is 2.15. The molecule has 2 aromatic heterocycles. The number of aromatic nitrogens is 3. The Morgan fingerprint density at radius 2 is 2.27 bits per heavy atom. The molecule has 22 heavy (non-hydrogen) atoms. The van der Waals surface area contributed by atoms with E-state index in [1.807, 2.05) is 16.0 Å². The molecule has 0 radical (unpaired) electrons. The van der Waals surface area contributed by atoms with Gasteiger partial charge in [-0.3, -0.25) is 4.79 Å². The Balaban J connectivity index is 2.03. The third-order valence-corrected chi connectivity index (χ3v) is 5.51. The summed E-state index contributed by atoms with van der Waals surface area (Å²) in [7, 11) is 0. The van der Waals surface area contributed by atoms with Crippen LogP contribution in [0.4, 0.5) is 0 Å². The zero-order valence-electron chi connectivity index (χ0n) is 12.8. The lowest BCUT2D eigenvalue weighted by atomic mass is 10.2. The number of thiophene rings is 1. The Morgan fingerprint density at radius 3 is 2.86 bits per heavy atom. The topological polar surface area (TPSA) is 59.8 Å². The van der Waals surface area contributed by atoms with Crippen LogP contribution in [0, 0.1) is 5.92 Å². The standard InChI is InChI=1S/C14H19BrN4OS2/c1-4-19-13(11-5-10(15)7-21-11)17-18-14(19)22-8-12(20)16-6-9(2)3/h5,7,9H,4,6,8H2,1-3H3,(H,16,20). The number of rotatable bonds is 7. The molecule has 0 atom stereocenters. The number of hydrogen-bond acceptors (Lipinski definition) is 5. The SMILES string of the molecule is CCn1c(SCC(=O)NCC(C)C)nnc1-c1cc(Br)cs1. The van der Waals surface area contributed by atoms with Crippen LogP contribution in [0.2, 0.25) is 0 Å². The van der Waals surface area contributed by atoms with E-state index in [0.717, 1.165) is 26.9 Å². The van der Waals surface area contributed by atoms with Gasteiger partial charge in [-0.1, -0.05) is 25.6 Å². The average molecular weight is 403 g/mol. The van der Waals surface area contributed by atoms with Crippen molar-refractivity contribution >= 4 is 44.9 Å². The first kappa shape index (κ1) is 17.5. The van der Waals surface area contributed by atoms with E-state index in [2.05, 4.69) is 52.2 Å². The number of carbonyl (C=O) groups is 1. The van der Waals surface area contributed by atoms with Crippen LogP contribution in [0.3, 0.4) is 0 Å². The van der Waals surface area contributed by atoms with Gasteiger partial charge in [0.05, 0.1) is 10.6 Å². The zero-order valence-corrected chi connectivity index (χ0v) is 16.0. The molecule has 0 fully saturated rings. The van der Waals surface area contributed by atoms with Gasteiger partial charge in [-0.2, -0.15) is 0 Å². The van der Waals surface area contributed by atoms with Crippen molar-refractivity contribution in [1.29, 1.82) is 0 Å². The monoisotopic (exact) mass is 402 g/mol. The second-order valence-electron chi connectivity index (χ2n) is 5.17. The summed E-state index contributed by atoms with van der Waals surface area (Å²) in [6, 6.07) is 2.03. The largest absolute Gasteiger partial charge is 0.355 e. The van der Waals surface area contributed by atoms with Gasteiger partial charge in [0, 0.05) is 22.9 Å². The van der Waals surface area contributed by atoms with Gasteiger partial charge < -0.3 is 9.88 Å². The highest BCUT2D eigenvalue weighted by molar-refractivity contribution is 9.10. The molecule has 5 nitrogen and oxygen atoms in total. The second-order valence-corrected chi connectivity index (χ2v) is 7.94. The molecule has 2 rings (SSSR count). The smallest absolute Gasteiger partial charge is 0.230 e. The zero-order chi connectivity index (χ0) is 16.1. The quantitative estimate of drug-likeness (QED) is 0.717. The van der Waals surface area contributed by atoms with E-state index < -0.39 is 0 Å². The Kier molecular flexibility index (Phi) is 6.46. The van der Waals surface area contributed by atoms with Gasteiger partial charge in [0.1, 0.15) is 0 Å². The minimum Gasteiger partial charge on any atom is -0.355 e. The number of carbonyl (C=O) groups excluding carboxylic acids is 1. The Bertz CT molecular complexity index is 639. The maximum Gasteiger partial charge on any atom is 0.230 e. The number of hydrogen-bond donors (Lipinski definition) is 1. The molecule has 0 aliphatic carbocycles. The molecule has 1 amide bonds. The molecule has 120 valence electrons. The van der Waals surface area contributed by atoms with Gasteiger partial charge in [0.15, 0.2) is 11.0 Å². The van der Waals surface area contributed by atoms with Crippen molar-refractivity contribution < 1.29 is 4.79 Å². The molecule has 0 unspecified atom stereocenters. The lowest BCUT2D eigenvalue weighted by molar-refractivity contribution is -0.118. The first-order valence-corrected chi connectivity index (χ1v) is 9.74. The van der Waals surface area contributed by atoms with E-state index in [-0.39, 0.29) is 5.91 Å². The highest BCUT2D eigenvalue weighted by Crippen LogP contribution is 2.30. The molecule has 0 aliphatic rings. The average Bonchev–Trinajstić information content (AvgIpc) is 3.08. The van der Waals surface area contributed by atoms with Crippen LogP contribution >= 0.6 is 39.0 Å². The molecule has 2 heterocycles. The van der Waals surface area contributed by atoms with Gasteiger partial charge in [-0.25, -0.2) is 0 Å². The number of nitrogens with zero attached hydrogens (tertiary/aromatic N) is 3. The second kappa shape index (κ2) is 8.12. The van der Waals surface area contributed by atoms with Crippen molar-refractivity contribution in [3.05, 3.63) is 15.9 Å². The maximum atomic E-state index is 11.8. The summed E-state index contributed by atoms with van der Waals surface area (Å²) in [4.78, 5) is 12.9. The van der Waals surface area contributed by atoms with E-state index in [1.165, 1.54) is 11.8 Å². The number of amides is 1. The Hall–Kier alpha value is -0.860. The van der Waals surface area contributed by atoms with Crippen molar-refractivity contribution in [1.82, 2.24) is 20.1 Å². The van der Waals surface area contributed by atoms with E-state index in [4.69, 9.17) is 0 Å². The van der Waals surface area contributed by atoms with Crippen LogP contribution in [-0.2, 0) is 11.3 Å². The maximum absolute atomic E-state index is 11.8. The predicted octanol–water partition coefficient (Wildman–Crippen LogP) is 3.65. The molecule has 8 heteroatoms. The molecule has 0 saturated heterocycles. The summed E-state index contributed by atoms with van der Waals surface area (Å²) >= 11 is 6.50. The molecule has 0 saturated carbocycles. The first-order chi connectivity index (χ1) is 10.5. The molecule has 0 spiro atoms. The molecule has 1 N–H and O–H groups in total. The molecule has 0 aliphatic heterocycles. The molecule has 2 aromatic rings. The number of halogens is 1. The van der Waals surface area contributed by atoms with Crippen LogP contribution in [0.25, 0.3) is 10.7 Å². The van der Waals surface area contributed by atoms with Crippen molar-refractivity contribution in [2.75, 3.05) is 12.3 Å². The van der Waals surface area contributed by atoms with Gasteiger partial charge in [0.25, 0.3) is 0 Å². The van der Waals surface area contributed by atoms with Crippen LogP contribution in [0.15, 0.2) is 21.1 Å². The third-order valence-electron chi connectivity index (χ3n) is 2.86. The summed E-state index contributed by atoms with van der Waals surface area (Å²) in [6.45, 7) is 7.68. The van der Waals surface area contributed by atoms with E-state index in [9.17, 15) is 4.79 Å². The van der Waals surface area contributed by atoms with Gasteiger partial charge in [-0.05, 0) is 34.8 Å². The molecular weight excluding hydrogens is 384 g/mol. The third kappa shape index (κ3) is 4.57. The first-order valence-electron chi connectivity index (χ1n) is 7.08. The normalized spacial score (nSPS) is 11.1. The summed E-state index contributed by atoms with van der Waals surface area (Å²) in [5.74, 6) is 1.70. The van der Waals surface area contributed by atoms with E-state index >= 15 is 0 Å². The molecule has 0 aromatic carbocycles. The van der Waals surface area contributed by atoms with E-state index in [1.54, 1.807) is 11.3 Å². The van der Waals surface area contributed by atoms with Crippen molar-refractivity contribution in [3.63, 3.8) is 0 Å². The van der Waals surface area contributed by atoms with Crippen LogP contribution in [-0.4, -0.2) is 33.0 Å². The summed E-state index contributed by atoms with van der Waals surface area (Å²) < 4.78 is 3.08. The minimum absolute atomic E-state index is 0.0322. The highest BCUT2D eigenvalue weighted by atomic mass is 79.9. The fraction of sp³-hybridized carbons (Fsp3) is 0.500. The van der Waals surface area contributed by atoms with Crippen molar-refractivity contribution in [2.45, 2.75) is 32.5 Å². The van der Waals surface area contributed by atoms with Crippen LogP contribution < -0.4 is 5.32 Å². The fourth-order valence-electron chi connectivity index (χ4n) is 1.79. The Labute approximate surface area is 147 Å². The number of thioether (sulfide) groups is 1. The fourth-order valence-corrected chi connectivity index (χ4v) is 4.04. The van der Waals surface area contributed by atoms with Crippen molar-refractivity contribution in [3.8, 4) is 10.7 Å².